The minimum Gasteiger partial charge on any atom is -0.497 e. The number of nitrogens with zero attached hydrogens (tertiary/aromatic N) is 2. The maximum absolute atomic E-state index is 11.8. The maximum Gasteiger partial charge on any atom is 0.227 e. The van der Waals surface area contributed by atoms with Crippen LogP contribution in [-0.2, 0) is 11.2 Å². The summed E-state index contributed by atoms with van der Waals surface area (Å²) < 4.78 is 5.03. The van der Waals surface area contributed by atoms with Crippen molar-refractivity contribution in [2.75, 3.05) is 20.7 Å². The average Bonchev–Trinajstić information content (AvgIpc) is 2.39. The zero-order valence-corrected chi connectivity index (χ0v) is 10.5. The van der Waals surface area contributed by atoms with Crippen molar-refractivity contribution >= 4 is 11.7 Å². The molecule has 18 heavy (non-hydrogen) atoms. The number of carbonyl (C=O) groups excluding carboxylic acids is 1. The zero-order valence-electron chi connectivity index (χ0n) is 10.5. The molecule has 1 aromatic carbocycles. The molecule has 6 heteroatoms. The minimum atomic E-state index is -0.105. The molecule has 0 heterocycles. The van der Waals surface area contributed by atoms with Crippen molar-refractivity contribution in [3.63, 3.8) is 0 Å². The number of nitrogens with two attached hydrogens (primary N) is 1. The Morgan fingerprint density at radius 1 is 1.44 bits per heavy atom. The van der Waals surface area contributed by atoms with Gasteiger partial charge in [-0.25, -0.2) is 0 Å². The van der Waals surface area contributed by atoms with Crippen LogP contribution in [0.15, 0.2) is 29.4 Å². The Morgan fingerprint density at radius 3 is 2.56 bits per heavy atom. The Labute approximate surface area is 106 Å². The smallest absolute Gasteiger partial charge is 0.227 e. The monoisotopic (exact) mass is 251 g/mol. The highest BCUT2D eigenvalue weighted by Gasteiger charge is 2.11. The largest absolute Gasteiger partial charge is 0.497 e. The highest BCUT2D eigenvalue weighted by atomic mass is 16.5. The van der Waals surface area contributed by atoms with Crippen LogP contribution in [0.2, 0.25) is 0 Å². The topological polar surface area (TPSA) is 88.2 Å². The highest BCUT2D eigenvalue weighted by molar-refractivity contribution is 5.87. The van der Waals surface area contributed by atoms with Crippen molar-refractivity contribution in [2.24, 2.45) is 10.9 Å². The summed E-state index contributed by atoms with van der Waals surface area (Å²) in [6.45, 7) is 0.103. The van der Waals surface area contributed by atoms with Gasteiger partial charge in [0.2, 0.25) is 5.91 Å². The van der Waals surface area contributed by atoms with Crippen molar-refractivity contribution in [3.05, 3.63) is 29.8 Å². The van der Waals surface area contributed by atoms with E-state index in [9.17, 15) is 4.79 Å². The van der Waals surface area contributed by atoms with Crippen LogP contribution in [0.5, 0.6) is 5.75 Å². The first kappa shape index (κ1) is 13.8. The molecule has 6 nitrogen and oxygen atoms in total. The van der Waals surface area contributed by atoms with Crippen molar-refractivity contribution in [3.8, 4) is 5.75 Å². The van der Waals surface area contributed by atoms with Gasteiger partial charge in [0.05, 0.1) is 20.1 Å². The molecule has 98 valence electrons. The minimum absolute atomic E-state index is 0.000538. The molecule has 0 spiro atoms. The number of amides is 1. The molecule has 1 rings (SSSR count). The van der Waals surface area contributed by atoms with Gasteiger partial charge in [-0.15, -0.1) is 0 Å². The molecule has 0 unspecified atom stereocenters. The fourth-order valence-corrected chi connectivity index (χ4v) is 1.42. The number of likely N-dealkylation sites (N-methyl/N-ethyl adjacent to an activating group) is 1. The van der Waals surface area contributed by atoms with E-state index in [-0.39, 0.29) is 24.7 Å². The van der Waals surface area contributed by atoms with Gasteiger partial charge in [-0.2, -0.15) is 0 Å². The summed E-state index contributed by atoms with van der Waals surface area (Å²) in [5.74, 6) is 0.642. The number of hydrogen-bond donors (Lipinski definition) is 2. The van der Waals surface area contributed by atoms with Crippen molar-refractivity contribution in [1.82, 2.24) is 4.90 Å². The molecule has 0 radical (unpaired) electrons. The first-order chi connectivity index (χ1) is 8.56. The van der Waals surface area contributed by atoms with Crippen LogP contribution in [0, 0.1) is 0 Å². The molecule has 0 atom stereocenters. The summed E-state index contributed by atoms with van der Waals surface area (Å²) in [5.41, 5.74) is 6.21. The van der Waals surface area contributed by atoms with Crippen molar-refractivity contribution in [2.45, 2.75) is 6.42 Å². The summed E-state index contributed by atoms with van der Waals surface area (Å²) in [6.07, 6.45) is 0.263. The standard InChI is InChI=1S/C12H17N3O3/c1-15(8-11(13)14-17)12(16)7-9-3-5-10(18-2)6-4-9/h3-6,17H,7-8H2,1-2H3,(H2,13,14). The van der Waals surface area contributed by atoms with Gasteiger partial charge in [0.15, 0.2) is 5.84 Å². The van der Waals surface area contributed by atoms with E-state index >= 15 is 0 Å². The average molecular weight is 251 g/mol. The van der Waals surface area contributed by atoms with E-state index in [1.54, 1.807) is 26.3 Å². The normalized spacial score (nSPS) is 11.1. The SMILES string of the molecule is COc1ccc(CC(=O)N(C)CC(N)=NO)cc1. The number of methoxy groups -OCH3 is 1. The molecule has 1 aromatic rings. The van der Waals surface area contributed by atoms with Crippen LogP contribution >= 0.6 is 0 Å². The number of ether oxygens (including phenoxy) is 1. The lowest BCUT2D eigenvalue weighted by Gasteiger charge is -2.16. The van der Waals surface area contributed by atoms with Crippen LogP contribution in [0.1, 0.15) is 5.56 Å². The van der Waals surface area contributed by atoms with Crippen LogP contribution < -0.4 is 10.5 Å². The molecule has 0 aliphatic rings. The number of oxime groups is 1. The second-order valence-electron chi connectivity index (χ2n) is 3.87. The second-order valence-corrected chi connectivity index (χ2v) is 3.87. The molecule has 0 bridgehead atoms. The molecule has 0 aliphatic heterocycles. The summed E-state index contributed by atoms with van der Waals surface area (Å²) in [7, 11) is 3.19. The Kier molecular flexibility index (Phi) is 4.98. The number of amidine groups is 1. The molecule has 0 aliphatic carbocycles. The fraction of sp³-hybridized carbons (Fsp3) is 0.333. The van der Waals surface area contributed by atoms with E-state index in [1.165, 1.54) is 4.90 Å². The van der Waals surface area contributed by atoms with Gasteiger partial charge in [0.25, 0.3) is 0 Å². The van der Waals surface area contributed by atoms with Gasteiger partial charge < -0.3 is 20.6 Å². The van der Waals surface area contributed by atoms with Gasteiger partial charge in [-0.1, -0.05) is 17.3 Å². The predicted molar refractivity (Wildman–Crippen MR) is 67.7 cm³/mol. The predicted octanol–water partition coefficient (Wildman–Crippen LogP) is 0.442. The van der Waals surface area contributed by atoms with Gasteiger partial charge in [-0.05, 0) is 17.7 Å². The number of carbonyl (C=O) groups is 1. The molecule has 0 saturated heterocycles. The van der Waals surface area contributed by atoms with E-state index < -0.39 is 0 Å². The summed E-state index contributed by atoms with van der Waals surface area (Å²) in [6, 6.07) is 7.25. The van der Waals surface area contributed by atoms with Crippen LogP contribution in [-0.4, -0.2) is 42.6 Å². The van der Waals surface area contributed by atoms with Crippen molar-refractivity contribution in [1.29, 1.82) is 0 Å². The Balaban J connectivity index is 2.58. The summed E-state index contributed by atoms with van der Waals surface area (Å²) in [4.78, 5) is 13.2. The fourth-order valence-electron chi connectivity index (χ4n) is 1.42. The Hall–Kier alpha value is -2.24. The van der Waals surface area contributed by atoms with Crippen LogP contribution in [0.3, 0.4) is 0 Å². The third-order valence-corrected chi connectivity index (χ3v) is 2.47. The number of hydrogen-bond acceptors (Lipinski definition) is 4. The molecule has 0 aromatic heterocycles. The highest BCUT2D eigenvalue weighted by Crippen LogP contribution is 2.12. The van der Waals surface area contributed by atoms with Gasteiger partial charge >= 0.3 is 0 Å². The lowest BCUT2D eigenvalue weighted by Crippen LogP contribution is -2.36. The van der Waals surface area contributed by atoms with Gasteiger partial charge in [0.1, 0.15) is 5.75 Å². The molecule has 0 saturated carbocycles. The molecular formula is C12H17N3O3. The first-order valence-electron chi connectivity index (χ1n) is 5.40. The van der Waals surface area contributed by atoms with Gasteiger partial charge in [0, 0.05) is 7.05 Å². The lowest BCUT2D eigenvalue weighted by atomic mass is 10.1. The lowest BCUT2D eigenvalue weighted by molar-refractivity contribution is -0.128. The number of rotatable bonds is 5. The zero-order chi connectivity index (χ0) is 13.5. The third-order valence-electron chi connectivity index (χ3n) is 2.47. The molecular weight excluding hydrogens is 234 g/mol. The summed E-state index contributed by atoms with van der Waals surface area (Å²) in [5, 5.41) is 11.2. The van der Waals surface area contributed by atoms with E-state index in [1.807, 2.05) is 12.1 Å². The second kappa shape index (κ2) is 6.48. The molecule has 3 N–H and O–H groups in total. The van der Waals surface area contributed by atoms with Crippen LogP contribution in [0.4, 0.5) is 0 Å². The molecule has 1 amide bonds. The van der Waals surface area contributed by atoms with Crippen molar-refractivity contribution < 1.29 is 14.7 Å². The Bertz CT molecular complexity index is 429. The van der Waals surface area contributed by atoms with Gasteiger partial charge in [-0.3, -0.25) is 4.79 Å². The maximum atomic E-state index is 11.8. The van der Waals surface area contributed by atoms with E-state index in [0.29, 0.717) is 0 Å². The quantitative estimate of drug-likeness (QED) is 0.344. The Morgan fingerprint density at radius 2 is 2.06 bits per heavy atom. The summed E-state index contributed by atoms with van der Waals surface area (Å²) >= 11 is 0. The van der Waals surface area contributed by atoms with E-state index in [0.717, 1.165) is 11.3 Å². The number of benzene rings is 1. The van der Waals surface area contributed by atoms with Crippen LogP contribution in [0.25, 0.3) is 0 Å². The van der Waals surface area contributed by atoms with E-state index in [4.69, 9.17) is 15.7 Å². The molecule has 0 fully saturated rings. The first-order valence-corrected chi connectivity index (χ1v) is 5.40. The third kappa shape index (κ3) is 3.97. The van der Waals surface area contributed by atoms with E-state index in [2.05, 4.69) is 5.16 Å².